The van der Waals surface area contributed by atoms with Gasteiger partial charge >= 0.3 is 0 Å². The van der Waals surface area contributed by atoms with E-state index in [1.165, 1.54) is 28.0 Å². The van der Waals surface area contributed by atoms with Crippen molar-refractivity contribution in [2.75, 3.05) is 39.3 Å². The SMILES string of the molecule is CN(C)C(=O)c1cc(NC(=O)CS)cc(C(=O)N(C)C)c1. The van der Waals surface area contributed by atoms with E-state index < -0.39 is 0 Å². The number of benzene rings is 1. The van der Waals surface area contributed by atoms with Crippen LogP contribution in [0.5, 0.6) is 0 Å². The van der Waals surface area contributed by atoms with Crippen molar-refractivity contribution in [3.05, 3.63) is 29.3 Å². The predicted molar refractivity (Wildman–Crippen MR) is 85.0 cm³/mol. The molecule has 1 aromatic carbocycles. The molecule has 1 N–H and O–H groups in total. The highest BCUT2D eigenvalue weighted by Gasteiger charge is 2.16. The van der Waals surface area contributed by atoms with Crippen LogP contribution >= 0.6 is 12.6 Å². The summed E-state index contributed by atoms with van der Waals surface area (Å²) < 4.78 is 0. The molecule has 0 aliphatic heterocycles. The van der Waals surface area contributed by atoms with Crippen LogP contribution < -0.4 is 5.32 Å². The van der Waals surface area contributed by atoms with Crippen molar-refractivity contribution >= 4 is 36.0 Å². The summed E-state index contributed by atoms with van der Waals surface area (Å²) in [7, 11) is 6.48. The molecule has 0 aliphatic rings. The molecular formula is C14H19N3O3S. The molecule has 3 amide bonds. The molecule has 0 atom stereocenters. The van der Waals surface area contributed by atoms with Crippen LogP contribution in [0.15, 0.2) is 18.2 Å². The lowest BCUT2D eigenvalue weighted by atomic mass is 10.1. The molecule has 1 aromatic rings. The van der Waals surface area contributed by atoms with E-state index in [1.807, 2.05) is 0 Å². The van der Waals surface area contributed by atoms with E-state index in [2.05, 4.69) is 17.9 Å². The summed E-state index contributed by atoms with van der Waals surface area (Å²) >= 11 is 3.88. The third-order valence-corrected chi connectivity index (χ3v) is 2.95. The second-order valence-corrected chi connectivity index (χ2v) is 5.22. The highest BCUT2D eigenvalue weighted by atomic mass is 32.1. The van der Waals surface area contributed by atoms with Gasteiger partial charge in [0.2, 0.25) is 5.91 Å². The molecule has 0 aromatic heterocycles. The van der Waals surface area contributed by atoms with Crippen molar-refractivity contribution in [2.24, 2.45) is 0 Å². The van der Waals surface area contributed by atoms with Gasteiger partial charge in [0.05, 0.1) is 5.75 Å². The maximum absolute atomic E-state index is 12.1. The first-order chi connectivity index (χ1) is 9.76. The quantitative estimate of drug-likeness (QED) is 0.814. The van der Waals surface area contributed by atoms with Crippen LogP contribution in [0.1, 0.15) is 20.7 Å². The number of amides is 3. The van der Waals surface area contributed by atoms with Gasteiger partial charge in [-0.15, -0.1) is 0 Å². The molecule has 7 heteroatoms. The molecule has 0 unspecified atom stereocenters. The van der Waals surface area contributed by atoms with Gasteiger partial charge in [0.15, 0.2) is 0 Å². The number of anilines is 1. The highest BCUT2D eigenvalue weighted by Crippen LogP contribution is 2.17. The summed E-state index contributed by atoms with van der Waals surface area (Å²) in [6.07, 6.45) is 0. The Morgan fingerprint density at radius 3 is 1.71 bits per heavy atom. The van der Waals surface area contributed by atoms with Crippen molar-refractivity contribution in [2.45, 2.75) is 0 Å². The third-order valence-electron chi connectivity index (χ3n) is 2.67. The molecule has 0 aliphatic carbocycles. The van der Waals surface area contributed by atoms with Crippen molar-refractivity contribution in [3.8, 4) is 0 Å². The zero-order valence-electron chi connectivity index (χ0n) is 12.5. The van der Waals surface area contributed by atoms with Crippen LogP contribution in [0.3, 0.4) is 0 Å². The fraction of sp³-hybridized carbons (Fsp3) is 0.357. The van der Waals surface area contributed by atoms with E-state index in [0.29, 0.717) is 16.8 Å². The molecule has 0 saturated carbocycles. The van der Waals surface area contributed by atoms with Crippen LogP contribution in [0, 0.1) is 0 Å². The summed E-state index contributed by atoms with van der Waals surface area (Å²) in [5.41, 5.74) is 1.07. The normalized spacial score (nSPS) is 9.95. The first-order valence-corrected chi connectivity index (χ1v) is 6.88. The molecule has 0 heterocycles. The second-order valence-electron chi connectivity index (χ2n) is 4.90. The molecule has 0 bridgehead atoms. The van der Waals surface area contributed by atoms with Crippen LogP contribution in [-0.2, 0) is 4.79 Å². The van der Waals surface area contributed by atoms with Gasteiger partial charge in [0.25, 0.3) is 11.8 Å². The van der Waals surface area contributed by atoms with E-state index >= 15 is 0 Å². The second kappa shape index (κ2) is 7.12. The minimum atomic E-state index is -0.309. The van der Waals surface area contributed by atoms with Crippen molar-refractivity contribution in [3.63, 3.8) is 0 Å². The standard InChI is InChI=1S/C14H19N3O3S/c1-16(2)13(19)9-5-10(14(20)17(3)4)7-11(6-9)15-12(18)8-21/h5-7,21H,8H2,1-4H3,(H,15,18). The Morgan fingerprint density at radius 1 is 0.952 bits per heavy atom. The average Bonchev–Trinajstić information content (AvgIpc) is 2.44. The topological polar surface area (TPSA) is 69.7 Å². The van der Waals surface area contributed by atoms with E-state index in [0.717, 1.165) is 0 Å². The van der Waals surface area contributed by atoms with E-state index in [4.69, 9.17) is 0 Å². The first kappa shape index (κ1) is 17.0. The van der Waals surface area contributed by atoms with E-state index in [9.17, 15) is 14.4 Å². The largest absolute Gasteiger partial charge is 0.345 e. The van der Waals surface area contributed by atoms with Gasteiger partial charge in [-0.25, -0.2) is 0 Å². The number of hydrogen-bond donors (Lipinski definition) is 2. The number of nitrogens with one attached hydrogen (secondary N) is 1. The van der Waals surface area contributed by atoms with Crippen LogP contribution in [0.25, 0.3) is 0 Å². The molecule has 6 nitrogen and oxygen atoms in total. The summed E-state index contributed by atoms with van der Waals surface area (Å²) in [5, 5.41) is 2.60. The van der Waals surface area contributed by atoms with Gasteiger partial charge in [0.1, 0.15) is 0 Å². The van der Waals surface area contributed by atoms with Gasteiger partial charge in [0, 0.05) is 45.0 Å². The zero-order chi connectivity index (χ0) is 16.2. The average molecular weight is 309 g/mol. The first-order valence-electron chi connectivity index (χ1n) is 6.25. The molecule has 114 valence electrons. The maximum atomic E-state index is 12.1. The Bertz CT molecular complexity index is 532. The number of hydrogen-bond acceptors (Lipinski definition) is 4. The van der Waals surface area contributed by atoms with Crippen molar-refractivity contribution in [1.82, 2.24) is 9.80 Å². The van der Waals surface area contributed by atoms with Gasteiger partial charge in [-0.1, -0.05) is 0 Å². The number of nitrogens with zero attached hydrogens (tertiary/aromatic N) is 2. The number of thiol groups is 1. The van der Waals surface area contributed by atoms with Crippen molar-refractivity contribution in [1.29, 1.82) is 0 Å². The number of carbonyl (C=O) groups excluding carboxylic acids is 3. The van der Waals surface area contributed by atoms with Gasteiger partial charge in [-0.05, 0) is 18.2 Å². The van der Waals surface area contributed by atoms with Crippen LogP contribution in [0.4, 0.5) is 5.69 Å². The van der Waals surface area contributed by atoms with Gasteiger partial charge < -0.3 is 15.1 Å². The Hall–Kier alpha value is -2.02. The van der Waals surface area contributed by atoms with Crippen LogP contribution in [-0.4, -0.2) is 61.5 Å². The van der Waals surface area contributed by atoms with Gasteiger partial charge in [-0.2, -0.15) is 12.6 Å². The van der Waals surface area contributed by atoms with E-state index in [-0.39, 0.29) is 23.5 Å². The molecule has 0 radical (unpaired) electrons. The molecular weight excluding hydrogens is 290 g/mol. The molecule has 0 spiro atoms. The molecule has 1 rings (SSSR count). The summed E-state index contributed by atoms with van der Waals surface area (Å²) in [6, 6.07) is 4.59. The minimum absolute atomic E-state index is 0.0167. The summed E-state index contributed by atoms with van der Waals surface area (Å²) in [6.45, 7) is 0. The number of carbonyl (C=O) groups is 3. The summed E-state index contributed by atoms with van der Waals surface area (Å²) in [4.78, 5) is 38.4. The third kappa shape index (κ3) is 4.49. The Balaban J connectivity index is 3.28. The number of rotatable bonds is 4. The lowest BCUT2D eigenvalue weighted by molar-refractivity contribution is -0.113. The molecule has 21 heavy (non-hydrogen) atoms. The lowest BCUT2D eigenvalue weighted by Crippen LogP contribution is -2.25. The Morgan fingerprint density at radius 2 is 1.38 bits per heavy atom. The predicted octanol–water partition coefficient (Wildman–Crippen LogP) is 0.959. The lowest BCUT2D eigenvalue weighted by Gasteiger charge is -2.15. The van der Waals surface area contributed by atoms with E-state index in [1.54, 1.807) is 28.2 Å². The molecule has 0 saturated heterocycles. The smallest absolute Gasteiger partial charge is 0.253 e. The Labute approximate surface area is 129 Å². The minimum Gasteiger partial charge on any atom is -0.345 e. The molecule has 0 fully saturated rings. The van der Waals surface area contributed by atoms with Gasteiger partial charge in [-0.3, -0.25) is 14.4 Å². The maximum Gasteiger partial charge on any atom is 0.253 e. The fourth-order valence-electron chi connectivity index (χ4n) is 1.66. The zero-order valence-corrected chi connectivity index (χ0v) is 13.4. The monoisotopic (exact) mass is 309 g/mol. The van der Waals surface area contributed by atoms with Crippen LogP contribution in [0.2, 0.25) is 0 Å². The fourth-order valence-corrected chi connectivity index (χ4v) is 1.74. The highest BCUT2D eigenvalue weighted by molar-refractivity contribution is 7.81. The Kier molecular flexibility index (Phi) is 5.78. The van der Waals surface area contributed by atoms with Crippen molar-refractivity contribution < 1.29 is 14.4 Å². The summed E-state index contributed by atoms with van der Waals surface area (Å²) in [5.74, 6) is -0.784.